The first-order chi connectivity index (χ1) is 6.75. The Labute approximate surface area is 86.6 Å². The van der Waals surface area contributed by atoms with Gasteiger partial charge in [-0.1, -0.05) is 41.4 Å². The first-order valence-electron chi connectivity index (χ1n) is 4.46. The second kappa shape index (κ2) is 3.80. The summed E-state index contributed by atoms with van der Waals surface area (Å²) in [6, 6.07) is 9.82. The van der Waals surface area contributed by atoms with Crippen molar-refractivity contribution < 1.29 is 0 Å². The van der Waals surface area contributed by atoms with Gasteiger partial charge in [0.25, 0.3) is 5.56 Å². The smallest absolute Gasteiger partial charge is 0.260 e. The van der Waals surface area contributed by atoms with Crippen molar-refractivity contribution >= 4 is 11.5 Å². The van der Waals surface area contributed by atoms with Crippen LogP contribution in [0.5, 0.6) is 0 Å². The molecule has 1 aromatic carbocycles. The van der Waals surface area contributed by atoms with Crippen molar-refractivity contribution in [2.24, 2.45) is 0 Å². The average molecular weight is 205 g/mol. The predicted molar refractivity (Wildman–Crippen MR) is 58.9 cm³/mol. The minimum absolute atomic E-state index is 0.0801. The number of benzene rings is 1. The predicted octanol–water partition coefficient (Wildman–Crippen LogP) is 2.27. The van der Waals surface area contributed by atoms with Crippen LogP contribution in [0.3, 0.4) is 0 Å². The van der Waals surface area contributed by atoms with E-state index in [9.17, 15) is 4.79 Å². The SMILES string of the molecule is Cc1cccc(Cn2sccc2=O)c1. The second-order valence-corrected chi connectivity index (χ2v) is 4.20. The van der Waals surface area contributed by atoms with E-state index < -0.39 is 0 Å². The molecule has 3 heteroatoms. The summed E-state index contributed by atoms with van der Waals surface area (Å²) >= 11 is 1.45. The molecule has 0 saturated carbocycles. The number of nitrogens with zero attached hydrogens (tertiary/aromatic N) is 1. The average Bonchev–Trinajstić information content (AvgIpc) is 2.52. The molecule has 0 aliphatic rings. The van der Waals surface area contributed by atoms with Gasteiger partial charge in [-0.25, -0.2) is 0 Å². The highest BCUT2D eigenvalue weighted by atomic mass is 32.1. The molecule has 1 aromatic heterocycles. The molecule has 0 amide bonds. The minimum atomic E-state index is 0.0801. The van der Waals surface area contributed by atoms with Crippen LogP contribution in [0.1, 0.15) is 11.1 Å². The summed E-state index contributed by atoms with van der Waals surface area (Å²) in [5, 5.41) is 1.82. The van der Waals surface area contributed by atoms with E-state index in [0.29, 0.717) is 6.54 Å². The number of hydrogen-bond donors (Lipinski definition) is 0. The monoisotopic (exact) mass is 205 g/mol. The lowest BCUT2D eigenvalue weighted by Gasteiger charge is -2.01. The molecule has 0 bridgehead atoms. The van der Waals surface area contributed by atoms with Crippen molar-refractivity contribution in [1.82, 2.24) is 3.96 Å². The van der Waals surface area contributed by atoms with Crippen molar-refractivity contribution in [3.63, 3.8) is 0 Å². The maximum atomic E-state index is 11.3. The lowest BCUT2D eigenvalue weighted by atomic mass is 10.1. The van der Waals surface area contributed by atoms with Crippen LogP contribution in [0.2, 0.25) is 0 Å². The van der Waals surface area contributed by atoms with Crippen LogP contribution in [-0.2, 0) is 6.54 Å². The van der Waals surface area contributed by atoms with Gasteiger partial charge in [0, 0.05) is 11.4 Å². The Morgan fingerprint density at radius 3 is 2.86 bits per heavy atom. The fraction of sp³-hybridized carbons (Fsp3) is 0.182. The lowest BCUT2D eigenvalue weighted by molar-refractivity contribution is 0.848. The summed E-state index contributed by atoms with van der Waals surface area (Å²) in [4.78, 5) is 11.3. The van der Waals surface area contributed by atoms with Crippen LogP contribution in [-0.4, -0.2) is 3.96 Å². The van der Waals surface area contributed by atoms with Crippen LogP contribution in [0.25, 0.3) is 0 Å². The van der Waals surface area contributed by atoms with Gasteiger partial charge >= 0.3 is 0 Å². The van der Waals surface area contributed by atoms with Gasteiger partial charge in [-0.3, -0.25) is 8.75 Å². The topological polar surface area (TPSA) is 22.0 Å². The van der Waals surface area contributed by atoms with E-state index in [1.807, 2.05) is 17.5 Å². The quantitative estimate of drug-likeness (QED) is 0.737. The summed E-state index contributed by atoms with van der Waals surface area (Å²) < 4.78 is 1.74. The highest BCUT2D eigenvalue weighted by molar-refractivity contribution is 7.04. The zero-order chi connectivity index (χ0) is 9.97. The van der Waals surface area contributed by atoms with Crippen LogP contribution < -0.4 is 5.56 Å². The molecule has 2 aromatic rings. The molecule has 0 unspecified atom stereocenters. The van der Waals surface area contributed by atoms with Crippen molar-refractivity contribution in [2.45, 2.75) is 13.5 Å². The van der Waals surface area contributed by atoms with Gasteiger partial charge in [-0.05, 0) is 12.5 Å². The molecule has 0 radical (unpaired) electrons. The van der Waals surface area contributed by atoms with E-state index in [4.69, 9.17) is 0 Å². The molecule has 0 saturated heterocycles. The van der Waals surface area contributed by atoms with Crippen LogP contribution in [0, 0.1) is 6.92 Å². The highest BCUT2D eigenvalue weighted by Crippen LogP contribution is 2.06. The van der Waals surface area contributed by atoms with Gasteiger partial charge in [0.15, 0.2) is 0 Å². The summed E-state index contributed by atoms with van der Waals surface area (Å²) in [6.07, 6.45) is 0. The zero-order valence-corrected chi connectivity index (χ0v) is 8.75. The Morgan fingerprint density at radius 1 is 1.36 bits per heavy atom. The Morgan fingerprint density at radius 2 is 2.21 bits per heavy atom. The van der Waals surface area contributed by atoms with E-state index in [0.717, 1.165) is 0 Å². The molecule has 1 heterocycles. The van der Waals surface area contributed by atoms with Gasteiger partial charge in [0.2, 0.25) is 0 Å². The number of aromatic nitrogens is 1. The summed E-state index contributed by atoms with van der Waals surface area (Å²) in [5.41, 5.74) is 2.48. The summed E-state index contributed by atoms with van der Waals surface area (Å²) in [7, 11) is 0. The maximum Gasteiger partial charge on any atom is 0.260 e. The van der Waals surface area contributed by atoms with Crippen molar-refractivity contribution in [3.8, 4) is 0 Å². The van der Waals surface area contributed by atoms with E-state index in [-0.39, 0.29) is 5.56 Å². The lowest BCUT2D eigenvalue weighted by Crippen LogP contribution is -2.12. The molecule has 0 aliphatic carbocycles. The first kappa shape index (κ1) is 9.21. The third-order valence-electron chi connectivity index (χ3n) is 2.05. The molecule has 0 fully saturated rings. The fourth-order valence-electron chi connectivity index (χ4n) is 1.39. The van der Waals surface area contributed by atoms with Crippen LogP contribution in [0.4, 0.5) is 0 Å². The molecular weight excluding hydrogens is 194 g/mol. The van der Waals surface area contributed by atoms with E-state index in [1.165, 1.54) is 22.7 Å². The van der Waals surface area contributed by atoms with Crippen molar-refractivity contribution in [2.75, 3.05) is 0 Å². The van der Waals surface area contributed by atoms with Gasteiger partial charge in [-0.15, -0.1) is 0 Å². The third kappa shape index (κ3) is 1.93. The third-order valence-corrected chi connectivity index (χ3v) is 2.87. The molecule has 2 nitrogen and oxygen atoms in total. The molecular formula is C11H11NOS. The summed E-state index contributed by atoms with van der Waals surface area (Å²) in [6.45, 7) is 2.73. The first-order valence-corrected chi connectivity index (χ1v) is 5.30. The van der Waals surface area contributed by atoms with Gasteiger partial charge in [-0.2, -0.15) is 0 Å². The standard InChI is InChI=1S/C11H11NOS/c1-9-3-2-4-10(7-9)8-12-11(13)5-6-14-12/h2-7H,8H2,1H3. The minimum Gasteiger partial charge on any atom is -0.268 e. The summed E-state index contributed by atoms with van der Waals surface area (Å²) in [5.74, 6) is 0. The normalized spacial score (nSPS) is 10.4. The molecule has 0 aliphatic heterocycles. The maximum absolute atomic E-state index is 11.3. The molecule has 72 valence electrons. The van der Waals surface area contributed by atoms with E-state index >= 15 is 0 Å². The number of hydrogen-bond acceptors (Lipinski definition) is 2. The van der Waals surface area contributed by atoms with Gasteiger partial charge in [0.1, 0.15) is 0 Å². The van der Waals surface area contributed by atoms with E-state index in [2.05, 4.69) is 19.1 Å². The van der Waals surface area contributed by atoms with Crippen LogP contribution >= 0.6 is 11.5 Å². The van der Waals surface area contributed by atoms with Gasteiger partial charge < -0.3 is 0 Å². The van der Waals surface area contributed by atoms with Crippen molar-refractivity contribution in [1.29, 1.82) is 0 Å². The largest absolute Gasteiger partial charge is 0.268 e. The molecule has 0 spiro atoms. The number of rotatable bonds is 2. The molecule has 14 heavy (non-hydrogen) atoms. The van der Waals surface area contributed by atoms with Crippen LogP contribution in [0.15, 0.2) is 40.5 Å². The Kier molecular flexibility index (Phi) is 2.50. The Hall–Kier alpha value is -1.35. The van der Waals surface area contributed by atoms with Crippen molar-refractivity contribution in [3.05, 3.63) is 57.2 Å². The number of aryl methyl sites for hydroxylation is 1. The van der Waals surface area contributed by atoms with E-state index in [1.54, 1.807) is 10.0 Å². The second-order valence-electron chi connectivity index (χ2n) is 3.27. The molecule has 2 rings (SSSR count). The molecule has 0 N–H and O–H groups in total. The molecule has 0 atom stereocenters. The zero-order valence-electron chi connectivity index (χ0n) is 7.93. The fourth-order valence-corrected chi connectivity index (χ4v) is 2.10. The van der Waals surface area contributed by atoms with Gasteiger partial charge in [0.05, 0.1) is 6.54 Å². The Bertz CT molecular complexity index is 484. The Balaban J connectivity index is 2.27. The highest BCUT2D eigenvalue weighted by Gasteiger charge is 1.98.